The first-order valence-electron chi connectivity index (χ1n) is 4.32. The zero-order valence-electron chi connectivity index (χ0n) is 8.50. The van der Waals surface area contributed by atoms with Gasteiger partial charge in [0.05, 0.1) is 5.84 Å². The Morgan fingerprint density at radius 3 is 2.64 bits per heavy atom. The fourth-order valence-electron chi connectivity index (χ4n) is 0.711. The van der Waals surface area contributed by atoms with Crippen molar-refractivity contribution in [1.29, 1.82) is 5.41 Å². The highest BCUT2D eigenvalue weighted by atomic mass is 16.4. The van der Waals surface area contributed by atoms with Gasteiger partial charge in [0.2, 0.25) is 0 Å². The minimum Gasteiger partial charge on any atom is -0.480 e. The van der Waals surface area contributed by atoms with Gasteiger partial charge in [-0.15, -0.1) is 0 Å². The molecule has 0 fully saturated rings. The summed E-state index contributed by atoms with van der Waals surface area (Å²) >= 11 is 0. The fourth-order valence-corrected chi connectivity index (χ4v) is 0.711. The van der Waals surface area contributed by atoms with Crippen molar-refractivity contribution in [3.8, 4) is 0 Å². The second-order valence-corrected chi connectivity index (χ2v) is 3.40. The first kappa shape index (κ1) is 12.6. The van der Waals surface area contributed by atoms with Gasteiger partial charge >= 0.3 is 5.97 Å². The van der Waals surface area contributed by atoms with Crippen molar-refractivity contribution >= 4 is 11.8 Å². The van der Waals surface area contributed by atoms with Crippen molar-refractivity contribution in [2.75, 3.05) is 6.54 Å². The Bertz CT molecular complexity index is 246. The van der Waals surface area contributed by atoms with Gasteiger partial charge in [0.25, 0.3) is 0 Å². The normalized spacial score (nSPS) is 15.1. The van der Waals surface area contributed by atoms with Crippen LogP contribution in [0.2, 0.25) is 0 Å². The van der Waals surface area contributed by atoms with Crippen LogP contribution in [0.15, 0.2) is 12.2 Å². The van der Waals surface area contributed by atoms with Crippen LogP contribution in [0.3, 0.4) is 0 Å². The minimum atomic E-state index is -1.21. The van der Waals surface area contributed by atoms with Crippen LogP contribution < -0.4 is 11.1 Å². The van der Waals surface area contributed by atoms with Crippen molar-refractivity contribution < 1.29 is 9.90 Å². The molecule has 0 unspecified atom stereocenters. The van der Waals surface area contributed by atoms with E-state index in [1.54, 1.807) is 19.1 Å². The quantitative estimate of drug-likeness (QED) is 0.291. The van der Waals surface area contributed by atoms with E-state index in [2.05, 4.69) is 5.32 Å². The number of carboxylic acids is 1. The average Bonchev–Trinajstić information content (AvgIpc) is 2.02. The van der Waals surface area contributed by atoms with Crippen LogP contribution in [0.5, 0.6) is 0 Å². The van der Waals surface area contributed by atoms with Crippen LogP contribution >= 0.6 is 0 Å². The highest BCUT2D eigenvalue weighted by Crippen LogP contribution is 2.05. The molecule has 5 N–H and O–H groups in total. The van der Waals surface area contributed by atoms with Crippen molar-refractivity contribution in [3.05, 3.63) is 12.2 Å². The van der Waals surface area contributed by atoms with Crippen LogP contribution in [0.1, 0.15) is 20.3 Å². The highest BCUT2D eigenvalue weighted by Gasteiger charge is 2.25. The molecule has 0 radical (unpaired) electrons. The molecule has 0 spiro atoms. The first-order valence-corrected chi connectivity index (χ1v) is 4.32. The summed E-state index contributed by atoms with van der Waals surface area (Å²) in [6.45, 7) is 3.62. The number of nitrogens with one attached hydrogen (secondary N) is 2. The molecular weight excluding hydrogens is 182 g/mol. The second kappa shape index (κ2) is 5.39. The van der Waals surface area contributed by atoms with Crippen molar-refractivity contribution in [3.63, 3.8) is 0 Å². The molecule has 0 bridgehead atoms. The molecule has 0 saturated heterocycles. The third-order valence-corrected chi connectivity index (χ3v) is 1.68. The SMILES string of the molecule is CC(=N)NC/C=C/C[C@@](C)(N)C(=O)O. The van der Waals surface area contributed by atoms with E-state index in [-0.39, 0.29) is 6.42 Å². The van der Waals surface area contributed by atoms with Crippen LogP contribution in [-0.2, 0) is 4.79 Å². The zero-order valence-corrected chi connectivity index (χ0v) is 8.50. The van der Waals surface area contributed by atoms with Gasteiger partial charge in [-0.3, -0.25) is 10.2 Å². The van der Waals surface area contributed by atoms with E-state index in [1.807, 2.05) is 0 Å². The number of carboxylic acid groups (broad SMARTS) is 1. The Balaban J connectivity index is 3.82. The maximum absolute atomic E-state index is 10.6. The Morgan fingerprint density at radius 1 is 1.64 bits per heavy atom. The number of aliphatic carboxylic acids is 1. The Hall–Kier alpha value is -1.36. The molecule has 0 rings (SSSR count). The molecule has 0 aromatic rings. The van der Waals surface area contributed by atoms with Gasteiger partial charge in [0, 0.05) is 6.54 Å². The molecule has 0 aliphatic heterocycles. The van der Waals surface area contributed by atoms with E-state index in [0.29, 0.717) is 12.4 Å². The predicted octanol–water partition coefficient (Wildman–Crippen LogP) is 0.321. The van der Waals surface area contributed by atoms with Crippen molar-refractivity contribution in [2.24, 2.45) is 5.73 Å². The summed E-state index contributed by atoms with van der Waals surface area (Å²) in [6, 6.07) is 0. The van der Waals surface area contributed by atoms with Crippen molar-refractivity contribution in [1.82, 2.24) is 5.32 Å². The largest absolute Gasteiger partial charge is 0.480 e. The average molecular weight is 199 g/mol. The molecule has 0 saturated carbocycles. The van der Waals surface area contributed by atoms with E-state index in [4.69, 9.17) is 16.2 Å². The summed E-state index contributed by atoms with van der Waals surface area (Å²) in [5.41, 5.74) is 4.28. The van der Waals surface area contributed by atoms with Crippen LogP contribution in [0.4, 0.5) is 0 Å². The summed E-state index contributed by atoms with van der Waals surface area (Å²) in [4.78, 5) is 10.6. The number of carbonyl (C=O) groups is 1. The van der Waals surface area contributed by atoms with Crippen LogP contribution in [0.25, 0.3) is 0 Å². The third kappa shape index (κ3) is 5.31. The maximum atomic E-state index is 10.6. The summed E-state index contributed by atoms with van der Waals surface area (Å²) in [5, 5.41) is 18.5. The monoisotopic (exact) mass is 199 g/mol. The number of hydrogen-bond acceptors (Lipinski definition) is 3. The minimum absolute atomic E-state index is 0.279. The summed E-state index contributed by atoms with van der Waals surface area (Å²) in [7, 11) is 0. The second-order valence-electron chi connectivity index (χ2n) is 3.40. The molecule has 0 aliphatic carbocycles. The van der Waals surface area contributed by atoms with E-state index >= 15 is 0 Å². The van der Waals surface area contributed by atoms with Gasteiger partial charge in [-0.2, -0.15) is 0 Å². The molecule has 14 heavy (non-hydrogen) atoms. The molecule has 5 nitrogen and oxygen atoms in total. The topological polar surface area (TPSA) is 99.2 Å². The lowest BCUT2D eigenvalue weighted by atomic mass is 10.00. The standard InChI is InChI=1S/C9H17N3O2/c1-7(10)12-6-4-3-5-9(2,11)8(13)14/h3-4H,5-6,11H2,1-2H3,(H2,10,12)(H,13,14)/b4-3+/t9-/m1/s1. The zero-order chi connectivity index (χ0) is 11.2. The van der Waals surface area contributed by atoms with Gasteiger partial charge < -0.3 is 16.2 Å². The van der Waals surface area contributed by atoms with E-state index in [9.17, 15) is 4.79 Å². The van der Waals surface area contributed by atoms with Gasteiger partial charge in [0.15, 0.2) is 0 Å². The number of amidine groups is 1. The first-order chi connectivity index (χ1) is 6.36. The number of hydrogen-bond donors (Lipinski definition) is 4. The van der Waals surface area contributed by atoms with E-state index in [1.165, 1.54) is 6.92 Å². The van der Waals surface area contributed by atoms with Gasteiger partial charge in [0.1, 0.15) is 5.54 Å². The fraction of sp³-hybridized carbons (Fsp3) is 0.556. The summed E-state index contributed by atoms with van der Waals surface area (Å²) in [6.07, 6.45) is 3.73. The molecular formula is C9H17N3O2. The smallest absolute Gasteiger partial charge is 0.323 e. The Kier molecular flexibility index (Phi) is 4.86. The van der Waals surface area contributed by atoms with E-state index in [0.717, 1.165) is 0 Å². The summed E-state index contributed by atoms with van der Waals surface area (Å²) < 4.78 is 0. The van der Waals surface area contributed by atoms with Gasteiger partial charge in [-0.25, -0.2) is 0 Å². The van der Waals surface area contributed by atoms with Crippen molar-refractivity contribution in [2.45, 2.75) is 25.8 Å². The molecule has 0 amide bonds. The molecule has 0 aromatic carbocycles. The number of rotatable bonds is 5. The van der Waals surface area contributed by atoms with E-state index < -0.39 is 11.5 Å². The Morgan fingerprint density at radius 2 is 2.21 bits per heavy atom. The predicted molar refractivity (Wildman–Crippen MR) is 55.4 cm³/mol. The Labute approximate surface area is 83.5 Å². The highest BCUT2D eigenvalue weighted by molar-refractivity contribution is 5.78. The van der Waals surface area contributed by atoms with Gasteiger partial charge in [-0.05, 0) is 20.3 Å². The van der Waals surface area contributed by atoms with Gasteiger partial charge in [-0.1, -0.05) is 12.2 Å². The maximum Gasteiger partial charge on any atom is 0.323 e. The van der Waals surface area contributed by atoms with Crippen LogP contribution in [0, 0.1) is 5.41 Å². The lowest BCUT2D eigenvalue weighted by Crippen LogP contribution is -2.44. The summed E-state index contributed by atoms with van der Waals surface area (Å²) in [5.74, 6) is -0.637. The lowest BCUT2D eigenvalue weighted by molar-refractivity contribution is -0.142. The third-order valence-electron chi connectivity index (χ3n) is 1.68. The lowest BCUT2D eigenvalue weighted by Gasteiger charge is -2.16. The molecule has 0 aromatic heterocycles. The van der Waals surface area contributed by atoms with Crippen LogP contribution in [-0.4, -0.2) is 29.0 Å². The molecule has 5 heteroatoms. The molecule has 0 heterocycles. The number of nitrogens with two attached hydrogens (primary N) is 1. The molecule has 80 valence electrons. The molecule has 0 aliphatic rings. The molecule has 1 atom stereocenters.